The molecule has 9 nitrogen and oxygen atoms in total. The summed E-state index contributed by atoms with van der Waals surface area (Å²) in [5.41, 5.74) is 9.06. The van der Waals surface area contributed by atoms with E-state index in [0.717, 1.165) is 11.1 Å². The number of aromatic nitrogens is 3. The zero-order valence-corrected chi connectivity index (χ0v) is 18.2. The lowest BCUT2D eigenvalue weighted by atomic mass is 10.1. The predicted molar refractivity (Wildman–Crippen MR) is 123 cm³/mol. The molecule has 0 aliphatic rings. The molecule has 0 atom stereocenters. The van der Waals surface area contributed by atoms with Crippen LogP contribution in [0.15, 0.2) is 60.8 Å². The van der Waals surface area contributed by atoms with Crippen LogP contribution in [0.5, 0.6) is 5.75 Å². The minimum atomic E-state index is -1.000. The highest BCUT2D eigenvalue weighted by atomic mass is 16.5. The molecule has 0 spiro atoms. The Balaban J connectivity index is 1.81. The second kappa shape index (κ2) is 9.09. The number of benzene rings is 2. The summed E-state index contributed by atoms with van der Waals surface area (Å²) in [6.07, 6.45) is 1.50. The fourth-order valence-electron chi connectivity index (χ4n) is 3.62. The molecule has 0 aliphatic heterocycles. The molecule has 0 aliphatic carbocycles. The number of carbonyl (C=O) groups excluding carboxylic acids is 1. The van der Waals surface area contributed by atoms with Crippen molar-refractivity contribution in [2.45, 2.75) is 13.0 Å². The van der Waals surface area contributed by atoms with Gasteiger partial charge in [0.1, 0.15) is 5.75 Å². The smallest absolute Gasteiger partial charge is 0.307 e. The minimum Gasteiger partial charge on any atom is -0.497 e. The number of nitrogens with two attached hydrogens (primary N) is 1. The van der Waals surface area contributed by atoms with Gasteiger partial charge in [0.15, 0.2) is 11.5 Å². The van der Waals surface area contributed by atoms with Gasteiger partial charge in [0, 0.05) is 31.4 Å². The first-order chi connectivity index (χ1) is 15.9. The SMILES string of the molecule is COc1ccc(CC(=O)O)c(N(C)C(=O)c2nc(-c3cccc(CN)c3)nn3cccc23)c1. The minimum absolute atomic E-state index is 0.190. The zero-order chi connectivity index (χ0) is 23.5. The van der Waals surface area contributed by atoms with Crippen molar-refractivity contribution in [3.8, 4) is 17.1 Å². The molecule has 2 heterocycles. The summed E-state index contributed by atoms with van der Waals surface area (Å²) < 4.78 is 6.88. The summed E-state index contributed by atoms with van der Waals surface area (Å²) in [5, 5.41) is 13.8. The Morgan fingerprint density at radius 3 is 2.70 bits per heavy atom. The van der Waals surface area contributed by atoms with E-state index in [1.165, 1.54) is 12.0 Å². The van der Waals surface area contributed by atoms with Crippen molar-refractivity contribution in [1.82, 2.24) is 14.6 Å². The topological polar surface area (TPSA) is 123 Å². The Hall–Kier alpha value is -4.24. The Kier molecular flexibility index (Phi) is 6.05. The first-order valence-electron chi connectivity index (χ1n) is 10.2. The van der Waals surface area contributed by atoms with Crippen LogP contribution < -0.4 is 15.4 Å². The molecule has 4 aromatic rings. The van der Waals surface area contributed by atoms with Gasteiger partial charge in [0.25, 0.3) is 5.91 Å². The molecule has 168 valence electrons. The Labute approximate surface area is 190 Å². The maximum absolute atomic E-state index is 13.6. The summed E-state index contributed by atoms with van der Waals surface area (Å²) in [4.78, 5) is 31.0. The number of methoxy groups -OCH3 is 1. The lowest BCUT2D eigenvalue weighted by molar-refractivity contribution is -0.136. The first-order valence-corrected chi connectivity index (χ1v) is 10.2. The van der Waals surface area contributed by atoms with E-state index in [4.69, 9.17) is 10.5 Å². The second-order valence-electron chi connectivity index (χ2n) is 7.46. The number of rotatable bonds is 7. The molecule has 0 radical (unpaired) electrons. The van der Waals surface area contributed by atoms with Crippen LogP contribution in [0.2, 0.25) is 0 Å². The number of hydrogen-bond acceptors (Lipinski definition) is 6. The highest BCUT2D eigenvalue weighted by molar-refractivity contribution is 6.09. The molecule has 4 rings (SSSR count). The number of amides is 1. The van der Waals surface area contributed by atoms with Crippen molar-refractivity contribution in [2.75, 3.05) is 19.1 Å². The maximum atomic E-state index is 13.6. The predicted octanol–water partition coefficient (Wildman–Crippen LogP) is 2.77. The number of ether oxygens (including phenoxy) is 1. The van der Waals surface area contributed by atoms with Crippen LogP contribution in [-0.2, 0) is 17.8 Å². The van der Waals surface area contributed by atoms with Crippen LogP contribution in [-0.4, -0.2) is 45.7 Å². The molecule has 9 heteroatoms. The van der Waals surface area contributed by atoms with Crippen molar-refractivity contribution in [3.63, 3.8) is 0 Å². The molecule has 2 aromatic carbocycles. The van der Waals surface area contributed by atoms with E-state index in [-0.39, 0.29) is 12.1 Å². The molecule has 2 aromatic heterocycles. The Bertz CT molecular complexity index is 1350. The van der Waals surface area contributed by atoms with Crippen LogP contribution in [0.3, 0.4) is 0 Å². The molecule has 0 unspecified atom stereocenters. The van der Waals surface area contributed by atoms with Crippen molar-refractivity contribution in [3.05, 3.63) is 77.6 Å². The number of fused-ring (bicyclic) bond motifs is 1. The van der Waals surface area contributed by atoms with Gasteiger partial charge < -0.3 is 20.5 Å². The number of anilines is 1. The molecule has 0 saturated heterocycles. The fourth-order valence-corrected chi connectivity index (χ4v) is 3.62. The lowest BCUT2D eigenvalue weighted by Gasteiger charge is -2.21. The zero-order valence-electron chi connectivity index (χ0n) is 18.2. The Morgan fingerprint density at radius 2 is 1.97 bits per heavy atom. The summed E-state index contributed by atoms with van der Waals surface area (Å²) in [6, 6.07) is 16.0. The fraction of sp³-hybridized carbons (Fsp3) is 0.167. The van der Waals surface area contributed by atoms with Gasteiger partial charge in [-0.25, -0.2) is 9.50 Å². The van der Waals surface area contributed by atoms with E-state index in [1.807, 2.05) is 24.3 Å². The van der Waals surface area contributed by atoms with E-state index >= 15 is 0 Å². The number of carboxylic acid groups (broad SMARTS) is 1. The van der Waals surface area contributed by atoms with E-state index in [1.54, 1.807) is 48.1 Å². The molecule has 3 N–H and O–H groups in total. The van der Waals surface area contributed by atoms with E-state index < -0.39 is 11.9 Å². The number of aliphatic carboxylic acids is 1. The highest BCUT2D eigenvalue weighted by Crippen LogP contribution is 2.28. The first kappa shape index (κ1) is 22.0. The van der Waals surface area contributed by atoms with E-state index in [2.05, 4.69) is 10.1 Å². The number of hydrogen-bond donors (Lipinski definition) is 2. The van der Waals surface area contributed by atoms with Crippen LogP contribution in [0.4, 0.5) is 5.69 Å². The van der Waals surface area contributed by atoms with Gasteiger partial charge in [-0.2, -0.15) is 0 Å². The second-order valence-corrected chi connectivity index (χ2v) is 7.46. The molecule has 0 bridgehead atoms. The number of carboxylic acids is 1. The summed E-state index contributed by atoms with van der Waals surface area (Å²) in [6.45, 7) is 0.371. The standard InChI is InChI=1S/C24H23N5O4/c1-28(20-13-18(33-2)9-8-16(20)12-21(30)31)24(32)22-19-7-4-10-29(19)27-23(26-22)17-6-3-5-15(11-17)14-25/h3-11,13H,12,14,25H2,1-2H3,(H,30,31). The number of nitrogens with zero attached hydrogens (tertiary/aromatic N) is 4. The normalized spacial score (nSPS) is 10.9. The lowest BCUT2D eigenvalue weighted by Crippen LogP contribution is -2.29. The van der Waals surface area contributed by atoms with E-state index in [9.17, 15) is 14.7 Å². The van der Waals surface area contributed by atoms with Gasteiger partial charge >= 0.3 is 5.97 Å². The average molecular weight is 445 g/mol. The van der Waals surface area contributed by atoms with Crippen molar-refractivity contribution in [2.24, 2.45) is 5.73 Å². The Morgan fingerprint density at radius 1 is 1.15 bits per heavy atom. The largest absolute Gasteiger partial charge is 0.497 e. The summed E-state index contributed by atoms with van der Waals surface area (Å²) >= 11 is 0. The highest BCUT2D eigenvalue weighted by Gasteiger charge is 2.23. The third kappa shape index (κ3) is 4.39. The van der Waals surface area contributed by atoms with Crippen LogP contribution in [0.1, 0.15) is 21.6 Å². The molecule has 0 saturated carbocycles. The van der Waals surface area contributed by atoms with Crippen molar-refractivity contribution in [1.29, 1.82) is 0 Å². The van der Waals surface area contributed by atoms with Gasteiger partial charge in [-0.05, 0) is 35.4 Å². The van der Waals surface area contributed by atoms with Crippen LogP contribution in [0, 0.1) is 0 Å². The third-order valence-electron chi connectivity index (χ3n) is 5.31. The van der Waals surface area contributed by atoms with Crippen molar-refractivity contribution >= 4 is 23.1 Å². The van der Waals surface area contributed by atoms with Crippen molar-refractivity contribution < 1.29 is 19.4 Å². The van der Waals surface area contributed by atoms with Gasteiger partial charge in [0.05, 0.1) is 24.7 Å². The monoisotopic (exact) mass is 445 g/mol. The van der Waals surface area contributed by atoms with E-state index in [0.29, 0.717) is 34.9 Å². The summed E-state index contributed by atoms with van der Waals surface area (Å²) in [5.74, 6) is -0.520. The molecular weight excluding hydrogens is 422 g/mol. The summed E-state index contributed by atoms with van der Waals surface area (Å²) in [7, 11) is 3.09. The number of carbonyl (C=O) groups is 2. The average Bonchev–Trinajstić information content (AvgIpc) is 3.31. The van der Waals surface area contributed by atoms with Gasteiger partial charge in [0.2, 0.25) is 0 Å². The van der Waals surface area contributed by atoms with Crippen LogP contribution in [0.25, 0.3) is 16.9 Å². The third-order valence-corrected chi connectivity index (χ3v) is 5.31. The van der Waals surface area contributed by atoms with Gasteiger partial charge in [-0.15, -0.1) is 5.10 Å². The van der Waals surface area contributed by atoms with Crippen LogP contribution >= 0.6 is 0 Å². The van der Waals surface area contributed by atoms with Gasteiger partial charge in [-0.1, -0.05) is 24.3 Å². The molecule has 1 amide bonds. The maximum Gasteiger partial charge on any atom is 0.307 e. The molecular formula is C24H23N5O4. The molecule has 33 heavy (non-hydrogen) atoms. The van der Waals surface area contributed by atoms with Gasteiger partial charge in [-0.3, -0.25) is 9.59 Å². The molecule has 0 fully saturated rings. The quantitative estimate of drug-likeness (QED) is 0.448.